The van der Waals surface area contributed by atoms with Crippen LogP contribution >= 0.6 is 0 Å². The number of halogens is 3. The third kappa shape index (κ3) is 1.96. The van der Waals surface area contributed by atoms with Crippen LogP contribution in [0.4, 0.5) is 13.2 Å². The van der Waals surface area contributed by atoms with Crippen molar-refractivity contribution in [1.82, 2.24) is 5.32 Å². The smallest absolute Gasteiger partial charge is 0.161 e. The Labute approximate surface area is 94.8 Å². The van der Waals surface area contributed by atoms with Crippen molar-refractivity contribution in [2.45, 2.75) is 5.66 Å². The summed E-state index contributed by atoms with van der Waals surface area (Å²) in [6, 6.07) is 1.08. The molecule has 0 aromatic heterocycles. The zero-order chi connectivity index (χ0) is 12.6. The molecule has 0 bridgehead atoms. The Bertz CT molecular complexity index is 527. The molecule has 4 nitrogen and oxygen atoms in total. The molecule has 17 heavy (non-hydrogen) atoms. The van der Waals surface area contributed by atoms with E-state index in [2.05, 4.69) is 10.3 Å². The van der Waals surface area contributed by atoms with Gasteiger partial charge >= 0.3 is 0 Å². The molecule has 0 saturated heterocycles. The van der Waals surface area contributed by atoms with Gasteiger partial charge in [0.1, 0.15) is 11.6 Å². The monoisotopic (exact) mass is 242 g/mol. The van der Waals surface area contributed by atoms with Gasteiger partial charge in [0.25, 0.3) is 0 Å². The summed E-state index contributed by atoms with van der Waals surface area (Å²) < 4.78 is 39.4. The number of hydrogen-bond acceptors (Lipinski definition) is 4. The van der Waals surface area contributed by atoms with Crippen LogP contribution in [0.3, 0.4) is 0 Å². The van der Waals surface area contributed by atoms with E-state index in [-0.39, 0.29) is 11.4 Å². The van der Waals surface area contributed by atoms with Crippen LogP contribution in [-0.4, -0.2) is 6.34 Å². The largest absolute Gasteiger partial charge is 0.385 e. The van der Waals surface area contributed by atoms with Crippen molar-refractivity contribution in [2.24, 2.45) is 16.5 Å². The standard InChI is InChI=1S/C10H9F3N4/c11-6-2-8(13)7(12)1-5(6)10(15)3-9(14)16-4-17-10/h1-4H,14-15H2,(H,16,17). The number of nitrogens with zero attached hydrogens (tertiary/aromatic N) is 1. The predicted octanol–water partition coefficient (Wildman–Crippen LogP) is 0.647. The number of hydrogen-bond donors (Lipinski definition) is 3. The van der Waals surface area contributed by atoms with Crippen LogP contribution < -0.4 is 16.8 Å². The fourth-order valence-corrected chi connectivity index (χ4v) is 1.51. The predicted molar refractivity (Wildman–Crippen MR) is 56.1 cm³/mol. The number of nitrogens with one attached hydrogen (secondary N) is 1. The zero-order valence-electron chi connectivity index (χ0n) is 8.55. The van der Waals surface area contributed by atoms with Crippen LogP contribution in [0.5, 0.6) is 0 Å². The molecule has 0 radical (unpaired) electrons. The first-order chi connectivity index (χ1) is 7.92. The van der Waals surface area contributed by atoms with Gasteiger partial charge in [-0.3, -0.25) is 5.73 Å². The lowest BCUT2D eigenvalue weighted by Crippen LogP contribution is -2.40. The molecule has 1 aliphatic heterocycles. The summed E-state index contributed by atoms with van der Waals surface area (Å²) in [6.07, 6.45) is 2.37. The van der Waals surface area contributed by atoms with Gasteiger partial charge in [-0.05, 0) is 6.07 Å². The number of aliphatic imine (C=N–C) groups is 1. The fourth-order valence-electron chi connectivity index (χ4n) is 1.51. The Morgan fingerprint density at radius 2 is 1.76 bits per heavy atom. The minimum absolute atomic E-state index is 0.145. The van der Waals surface area contributed by atoms with Gasteiger partial charge in [-0.2, -0.15) is 0 Å². The molecule has 90 valence electrons. The normalized spacial score (nSPS) is 23.2. The molecule has 2 rings (SSSR count). The van der Waals surface area contributed by atoms with Crippen molar-refractivity contribution in [3.8, 4) is 0 Å². The maximum atomic E-state index is 13.5. The molecule has 1 aromatic rings. The van der Waals surface area contributed by atoms with Gasteiger partial charge in [0.15, 0.2) is 17.3 Å². The van der Waals surface area contributed by atoms with Gasteiger partial charge in [0.05, 0.1) is 6.34 Å². The third-order valence-electron chi connectivity index (χ3n) is 2.33. The SMILES string of the molecule is NC1=CC(N)(c2cc(F)c(F)cc2F)N=CN1. The molecule has 5 N–H and O–H groups in total. The van der Waals surface area contributed by atoms with Crippen molar-refractivity contribution >= 4 is 6.34 Å². The Morgan fingerprint density at radius 1 is 1.12 bits per heavy atom. The van der Waals surface area contributed by atoms with Crippen LogP contribution in [0.25, 0.3) is 0 Å². The summed E-state index contributed by atoms with van der Waals surface area (Å²) in [5.41, 5.74) is 9.28. The van der Waals surface area contributed by atoms with Gasteiger partial charge in [-0.15, -0.1) is 0 Å². The number of nitrogens with two attached hydrogens (primary N) is 2. The Balaban J connectivity index is 2.57. The Hall–Kier alpha value is -2.02. The molecule has 0 saturated carbocycles. The lowest BCUT2D eigenvalue weighted by atomic mass is 9.99. The summed E-state index contributed by atoms with van der Waals surface area (Å²) in [7, 11) is 0. The van der Waals surface area contributed by atoms with Gasteiger partial charge in [0.2, 0.25) is 0 Å². The highest BCUT2D eigenvalue weighted by atomic mass is 19.2. The van der Waals surface area contributed by atoms with Gasteiger partial charge in [0, 0.05) is 17.7 Å². The van der Waals surface area contributed by atoms with E-state index in [1.54, 1.807) is 0 Å². The third-order valence-corrected chi connectivity index (χ3v) is 2.33. The molecular formula is C10H9F3N4. The summed E-state index contributed by atoms with van der Waals surface area (Å²) >= 11 is 0. The molecule has 0 amide bonds. The van der Waals surface area contributed by atoms with E-state index in [1.807, 2.05) is 0 Å². The topological polar surface area (TPSA) is 76.4 Å². The van der Waals surface area contributed by atoms with E-state index in [4.69, 9.17) is 11.5 Å². The van der Waals surface area contributed by atoms with Crippen molar-refractivity contribution in [2.75, 3.05) is 0 Å². The highest BCUT2D eigenvalue weighted by molar-refractivity contribution is 5.61. The molecule has 0 spiro atoms. The molecule has 1 aromatic carbocycles. The molecule has 0 fully saturated rings. The van der Waals surface area contributed by atoms with Crippen molar-refractivity contribution in [3.63, 3.8) is 0 Å². The van der Waals surface area contributed by atoms with Crippen LogP contribution in [0.15, 0.2) is 29.0 Å². The van der Waals surface area contributed by atoms with E-state index in [1.165, 1.54) is 6.08 Å². The molecular weight excluding hydrogens is 233 g/mol. The lowest BCUT2D eigenvalue weighted by molar-refractivity contribution is 0.467. The highest BCUT2D eigenvalue weighted by Gasteiger charge is 2.30. The van der Waals surface area contributed by atoms with Gasteiger partial charge in [-0.1, -0.05) is 0 Å². The van der Waals surface area contributed by atoms with Crippen molar-refractivity contribution < 1.29 is 13.2 Å². The summed E-state index contributed by atoms with van der Waals surface area (Å²) in [4.78, 5) is 3.77. The first-order valence-electron chi connectivity index (χ1n) is 4.65. The average molecular weight is 242 g/mol. The maximum absolute atomic E-state index is 13.5. The second-order valence-corrected chi connectivity index (χ2v) is 3.57. The van der Waals surface area contributed by atoms with E-state index in [0.717, 1.165) is 6.34 Å². The summed E-state index contributed by atoms with van der Waals surface area (Å²) in [6.45, 7) is 0. The molecule has 1 aliphatic rings. The molecule has 1 unspecified atom stereocenters. The van der Waals surface area contributed by atoms with Gasteiger partial charge in [-0.25, -0.2) is 18.2 Å². The Kier molecular flexibility index (Phi) is 2.55. The second-order valence-electron chi connectivity index (χ2n) is 3.57. The van der Waals surface area contributed by atoms with Gasteiger partial charge < -0.3 is 11.1 Å². The lowest BCUT2D eigenvalue weighted by Gasteiger charge is -2.26. The van der Waals surface area contributed by atoms with Crippen LogP contribution in [0.2, 0.25) is 0 Å². The van der Waals surface area contributed by atoms with E-state index in [9.17, 15) is 13.2 Å². The van der Waals surface area contributed by atoms with Crippen LogP contribution in [-0.2, 0) is 5.66 Å². The van der Waals surface area contributed by atoms with E-state index < -0.39 is 23.1 Å². The average Bonchev–Trinajstić information content (AvgIpc) is 2.23. The first kappa shape index (κ1) is 11.5. The van der Waals surface area contributed by atoms with E-state index in [0.29, 0.717) is 12.1 Å². The van der Waals surface area contributed by atoms with Crippen LogP contribution in [0.1, 0.15) is 5.56 Å². The minimum atomic E-state index is -1.64. The molecule has 0 aliphatic carbocycles. The summed E-state index contributed by atoms with van der Waals surface area (Å²) in [5, 5.41) is 2.53. The molecule has 1 heterocycles. The Morgan fingerprint density at radius 3 is 2.41 bits per heavy atom. The fraction of sp³-hybridized carbons (Fsp3) is 0.100. The minimum Gasteiger partial charge on any atom is -0.385 e. The highest BCUT2D eigenvalue weighted by Crippen LogP contribution is 2.27. The van der Waals surface area contributed by atoms with Crippen molar-refractivity contribution in [3.05, 3.63) is 47.0 Å². The van der Waals surface area contributed by atoms with Crippen molar-refractivity contribution in [1.29, 1.82) is 0 Å². The zero-order valence-corrected chi connectivity index (χ0v) is 8.55. The first-order valence-corrected chi connectivity index (χ1v) is 4.65. The quantitative estimate of drug-likeness (QED) is 0.633. The number of rotatable bonds is 1. The molecule has 7 heteroatoms. The van der Waals surface area contributed by atoms with E-state index >= 15 is 0 Å². The second kappa shape index (κ2) is 3.77. The number of benzene rings is 1. The summed E-state index contributed by atoms with van der Waals surface area (Å²) in [5.74, 6) is -3.34. The molecule has 1 atom stereocenters. The maximum Gasteiger partial charge on any atom is 0.161 e. The van der Waals surface area contributed by atoms with Crippen LogP contribution in [0, 0.1) is 17.5 Å².